The number of aliphatic hydroxyl groups is 1. The normalized spacial score (nSPS) is 10.9. The lowest BCUT2D eigenvalue weighted by molar-refractivity contribution is 0.194. The summed E-state index contributed by atoms with van der Waals surface area (Å²) in [6.45, 7) is 9.31. The Balaban J connectivity index is 2.75. The molecule has 2 N–H and O–H groups in total. The minimum absolute atomic E-state index is 0.166. The summed E-state index contributed by atoms with van der Waals surface area (Å²) in [5.74, 6) is 1.67. The van der Waals surface area contributed by atoms with Gasteiger partial charge in [-0.1, -0.05) is 6.92 Å². The summed E-state index contributed by atoms with van der Waals surface area (Å²) < 4.78 is 0. The first kappa shape index (κ1) is 13.9. The van der Waals surface area contributed by atoms with Crippen LogP contribution in [-0.2, 0) is 6.54 Å². The van der Waals surface area contributed by atoms with E-state index in [0.717, 1.165) is 30.4 Å². The van der Waals surface area contributed by atoms with Crippen molar-refractivity contribution in [2.75, 3.05) is 31.6 Å². The standard InChI is InChI=1S/C12H22N4O/c1-4-13-11-8-10(3)14-12(15-11)9-16(5-2)6-7-17/h8,17H,4-7,9H2,1-3H3,(H,13,14,15). The number of anilines is 1. The van der Waals surface area contributed by atoms with Crippen molar-refractivity contribution in [2.24, 2.45) is 0 Å². The number of aryl methyl sites for hydroxylation is 1. The highest BCUT2D eigenvalue weighted by atomic mass is 16.3. The van der Waals surface area contributed by atoms with Crippen molar-refractivity contribution in [1.29, 1.82) is 0 Å². The molecule has 17 heavy (non-hydrogen) atoms. The van der Waals surface area contributed by atoms with Gasteiger partial charge in [0.05, 0.1) is 13.2 Å². The van der Waals surface area contributed by atoms with Crippen LogP contribution in [-0.4, -0.2) is 46.2 Å². The predicted molar refractivity (Wildman–Crippen MR) is 69.0 cm³/mol. The molecule has 0 aliphatic heterocycles. The van der Waals surface area contributed by atoms with Crippen molar-refractivity contribution < 1.29 is 5.11 Å². The lowest BCUT2D eigenvalue weighted by Gasteiger charge is -2.18. The molecule has 1 rings (SSSR count). The molecule has 0 atom stereocenters. The second-order valence-corrected chi connectivity index (χ2v) is 3.93. The number of likely N-dealkylation sites (N-methyl/N-ethyl adjacent to an activating group) is 1. The van der Waals surface area contributed by atoms with Gasteiger partial charge in [0.1, 0.15) is 11.6 Å². The molecule has 1 heterocycles. The van der Waals surface area contributed by atoms with Gasteiger partial charge in [0.15, 0.2) is 0 Å². The van der Waals surface area contributed by atoms with Gasteiger partial charge in [0.2, 0.25) is 0 Å². The third-order valence-electron chi connectivity index (χ3n) is 2.49. The maximum atomic E-state index is 8.94. The van der Waals surface area contributed by atoms with Crippen molar-refractivity contribution in [2.45, 2.75) is 27.3 Å². The first-order chi connectivity index (χ1) is 8.19. The fourth-order valence-electron chi connectivity index (χ4n) is 1.66. The van der Waals surface area contributed by atoms with Gasteiger partial charge in [-0.3, -0.25) is 4.90 Å². The van der Waals surface area contributed by atoms with E-state index >= 15 is 0 Å². The highest BCUT2D eigenvalue weighted by molar-refractivity contribution is 5.35. The van der Waals surface area contributed by atoms with Crippen LogP contribution >= 0.6 is 0 Å². The molecule has 5 nitrogen and oxygen atoms in total. The maximum Gasteiger partial charge on any atom is 0.144 e. The molecule has 1 aromatic heterocycles. The molecule has 0 amide bonds. The molecule has 0 saturated carbocycles. The third kappa shape index (κ3) is 4.66. The second kappa shape index (κ2) is 7.19. The summed E-state index contributed by atoms with van der Waals surface area (Å²) in [6, 6.07) is 1.94. The molecule has 0 aliphatic carbocycles. The van der Waals surface area contributed by atoms with Gasteiger partial charge in [-0.2, -0.15) is 0 Å². The van der Waals surface area contributed by atoms with Crippen LogP contribution in [0.5, 0.6) is 0 Å². The summed E-state index contributed by atoms with van der Waals surface area (Å²) in [6.07, 6.45) is 0. The Bertz CT molecular complexity index is 343. The van der Waals surface area contributed by atoms with Crippen molar-refractivity contribution in [3.05, 3.63) is 17.6 Å². The Morgan fingerprint density at radius 2 is 2.12 bits per heavy atom. The van der Waals surface area contributed by atoms with Crippen LogP contribution in [0.25, 0.3) is 0 Å². The maximum absolute atomic E-state index is 8.94. The van der Waals surface area contributed by atoms with E-state index < -0.39 is 0 Å². The molecule has 5 heteroatoms. The summed E-state index contributed by atoms with van der Waals surface area (Å²) in [7, 11) is 0. The number of hydrogen-bond acceptors (Lipinski definition) is 5. The van der Waals surface area contributed by atoms with E-state index in [0.29, 0.717) is 13.1 Å². The van der Waals surface area contributed by atoms with Crippen LogP contribution in [0.1, 0.15) is 25.4 Å². The minimum atomic E-state index is 0.166. The average Bonchev–Trinajstić information content (AvgIpc) is 2.28. The Labute approximate surface area is 103 Å². The number of nitrogens with one attached hydrogen (secondary N) is 1. The van der Waals surface area contributed by atoms with Crippen molar-refractivity contribution in [3.8, 4) is 0 Å². The summed E-state index contributed by atoms with van der Waals surface area (Å²) in [4.78, 5) is 11.0. The highest BCUT2D eigenvalue weighted by Gasteiger charge is 2.07. The number of aliphatic hydroxyl groups excluding tert-OH is 1. The van der Waals surface area contributed by atoms with Crippen LogP contribution < -0.4 is 5.32 Å². The summed E-state index contributed by atoms with van der Waals surface area (Å²) in [5.41, 5.74) is 0.964. The fraction of sp³-hybridized carbons (Fsp3) is 0.667. The van der Waals surface area contributed by atoms with E-state index in [-0.39, 0.29) is 6.61 Å². The first-order valence-electron chi connectivity index (χ1n) is 6.11. The average molecular weight is 238 g/mol. The minimum Gasteiger partial charge on any atom is -0.395 e. The van der Waals surface area contributed by atoms with Crippen LogP contribution in [0.15, 0.2) is 6.07 Å². The predicted octanol–water partition coefficient (Wildman–Crippen LogP) is 1.03. The van der Waals surface area contributed by atoms with E-state index in [1.54, 1.807) is 0 Å². The highest BCUT2D eigenvalue weighted by Crippen LogP contribution is 2.07. The topological polar surface area (TPSA) is 61.3 Å². The molecular formula is C12H22N4O. The van der Waals surface area contributed by atoms with Crippen LogP contribution in [0.2, 0.25) is 0 Å². The largest absolute Gasteiger partial charge is 0.395 e. The lowest BCUT2D eigenvalue weighted by atomic mass is 10.3. The molecule has 0 spiro atoms. The Morgan fingerprint density at radius 1 is 1.35 bits per heavy atom. The molecule has 0 fully saturated rings. The fourth-order valence-corrected chi connectivity index (χ4v) is 1.66. The molecular weight excluding hydrogens is 216 g/mol. The molecule has 1 aromatic rings. The second-order valence-electron chi connectivity index (χ2n) is 3.93. The Hall–Kier alpha value is -1.20. The number of nitrogens with zero attached hydrogens (tertiary/aromatic N) is 3. The summed E-state index contributed by atoms with van der Waals surface area (Å²) >= 11 is 0. The van der Waals surface area contributed by atoms with Gasteiger partial charge in [-0.15, -0.1) is 0 Å². The van der Waals surface area contributed by atoms with Gasteiger partial charge in [0.25, 0.3) is 0 Å². The molecule has 0 radical (unpaired) electrons. The SMILES string of the molecule is CCNc1cc(C)nc(CN(CC)CCO)n1. The van der Waals surface area contributed by atoms with E-state index in [4.69, 9.17) is 5.11 Å². The van der Waals surface area contributed by atoms with Crippen molar-refractivity contribution in [1.82, 2.24) is 14.9 Å². The smallest absolute Gasteiger partial charge is 0.144 e. The number of aromatic nitrogens is 2. The van der Waals surface area contributed by atoms with Crippen molar-refractivity contribution >= 4 is 5.82 Å². The summed E-state index contributed by atoms with van der Waals surface area (Å²) in [5, 5.41) is 12.1. The molecule has 0 saturated heterocycles. The monoisotopic (exact) mass is 238 g/mol. The molecule has 0 aromatic carbocycles. The van der Waals surface area contributed by atoms with E-state index in [1.165, 1.54) is 0 Å². The molecule has 0 unspecified atom stereocenters. The van der Waals surface area contributed by atoms with Gasteiger partial charge < -0.3 is 10.4 Å². The van der Waals surface area contributed by atoms with Crippen LogP contribution in [0.3, 0.4) is 0 Å². The van der Waals surface area contributed by atoms with Crippen molar-refractivity contribution in [3.63, 3.8) is 0 Å². The van der Waals surface area contributed by atoms with E-state index in [1.807, 2.05) is 19.9 Å². The zero-order valence-electron chi connectivity index (χ0n) is 10.9. The van der Waals surface area contributed by atoms with Gasteiger partial charge in [-0.05, 0) is 20.4 Å². The zero-order chi connectivity index (χ0) is 12.7. The van der Waals surface area contributed by atoms with Crippen LogP contribution in [0.4, 0.5) is 5.82 Å². The number of rotatable bonds is 7. The van der Waals surface area contributed by atoms with Gasteiger partial charge >= 0.3 is 0 Å². The Kier molecular flexibility index (Phi) is 5.86. The lowest BCUT2D eigenvalue weighted by Crippen LogP contribution is -2.27. The van der Waals surface area contributed by atoms with Gasteiger partial charge in [-0.25, -0.2) is 9.97 Å². The zero-order valence-corrected chi connectivity index (χ0v) is 10.9. The molecule has 0 bridgehead atoms. The molecule has 96 valence electrons. The number of hydrogen-bond donors (Lipinski definition) is 2. The van der Waals surface area contributed by atoms with Crippen LogP contribution in [0, 0.1) is 6.92 Å². The van der Waals surface area contributed by atoms with Gasteiger partial charge in [0, 0.05) is 24.8 Å². The first-order valence-corrected chi connectivity index (χ1v) is 6.11. The third-order valence-corrected chi connectivity index (χ3v) is 2.49. The quantitative estimate of drug-likeness (QED) is 0.743. The van der Waals surface area contributed by atoms with E-state index in [2.05, 4.69) is 27.1 Å². The Morgan fingerprint density at radius 3 is 2.71 bits per heavy atom. The van der Waals surface area contributed by atoms with E-state index in [9.17, 15) is 0 Å². The molecule has 0 aliphatic rings.